The van der Waals surface area contributed by atoms with Gasteiger partial charge in [-0.05, 0) is 44.0 Å². The molecule has 1 unspecified atom stereocenters. The Morgan fingerprint density at radius 3 is 2.87 bits per heavy atom. The van der Waals surface area contributed by atoms with E-state index in [2.05, 4.69) is 10.6 Å². The molecule has 0 saturated carbocycles. The van der Waals surface area contributed by atoms with Crippen LogP contribution in [-0.4, -0.2) is 37.5 Å². The van der Waals surface area contributed by atoms with E-state index in [4.69, 9.17) is 23.2 Å². The Morgan fingerprint density at radius 2 is 2.13 bits per heavy atom. The summed E-state index contributed by atoms with van der Waals surface area (Å²) in [6, 6.07) is 5.10. The van der Waals surface area contributed by atoms with E-state index in [0.29, 0.717) is 28.7 Å². The lowest BCUT2D eigenvalue weighted by Crippen LogP contribution is -2.48. The number of hydrogen-bond donors (Lipinski definition) is 2. The molecule has 0 radical (unpaired) electrons. The number of hydrogen-bond acceptors (Lipinski definition) is 3. The first kappa shape index (κ1) is 16.6. The third-order valence-electron chi connectivity index (χ3n) is 4.36. The zero-order valence-electron chi connectivity index (χ0n) is 12.6. The van der Waals surface area contributed by atoms with Crippen LogP contribution >= 0.6 is 23.2 Å². The van der Waals surface area contributed by atoms with Crippen molar-refractivity contribution in [1.29, 1.82) is 0 Å². The van der Waals surface area contributed by atoms with Gasteiger partial charge in [-0.2, -0.15) is 0 Å². The summed E-state index contributed by atoms with van der Waals surface area (Å²) in [6.07, 6.45) is 2.48. The zero-order chi connectivity index (χ0) is 16.4. The molecule has 1 aromatic rings. The van der Waals surface area contributed by atoms with E-state index in [1.807, 2.05) is 0 Å². The molecule has 2 fully saturated rings. The average molecular weight is 356 g/mol. The minimum atomic E-state index is -0.646. The van der Waals surface area contributed by atoms with Gasteiger partial charge in [0.25, 0.3) is 0 Å². The minimum Gasteiger partial charge on any atom is -0.351 e. The normalized spacial score (nSPS) is 24.8. The fourth-order valence-electron chi connectivity index (χ4n) is 3.13. The van der Waals surface area contributed by atoms with E-state index in [1.54, 1.807) is 23.1 Å². The first-order valence-corrected chi connectivity index (χ1v) is 8.59. The number of carbonyl (C=O) groups is 2. The number of piperidine rings is 1. The Bertz CT molecular complexity index is 617. The summed E-state index contributed by atoms with van der Waals surface area (Å²) in [5, 5.41) is 7.20. The number of nitrogens with zero attached hydrogens (tertiary/aromatic N) is 1. The first-order valence-electron chi connectivity index (χ1n) is 7.84. The van der Waals surface area contributed by atoms with Crippen LogP contribution in [0.2, 0.25) is 10.0 Å². The van der Waals surface area contributed by atoms with Crippen molar-refractivity contribution in [3.8, 4) is 0 Å². The predicted octanol–water partition coefficient (Wildman–Crippen LogP) is 2.21. The van der Waals surface area contributed by atoms with Crippen LogP contribution in [0.15, 0.2) is 18.2 Å². The van der Waals surface area contributed by atoms with Gasteiger partial charge < -0.3 is 15.5 Å². The van der Waals surface area contributed by atoms with E-state index in [0.717, 1.165) is 25.9 Å². The maximum Gasteiger partial charge on any atom is 0.239 e. The highest BCUT2D eigenvalue weighted by atomic mass is 35.5. The highest BCUT2D eigenvalue weighted by Gasteiger charge is 2.39. The molecule has 5 nitrogen and oxygen atoms in total. The van der Waals surface area contributed by atoms with E-state index >= 15 is 0 Å². The Kier molecular flexibility index (Phi) is 5.09. The van der Waals surface area contributed by atoms with Crippen molar-refractivity contribution < 1.29 is 9.59 Å². The molecular weight excluding hydrogens is 337 g/mol. The van der Waals surface area contributed by atoms with E-state index in [-0.39, 0.29) is 17.9 Å². The summed E-state index contributed by atoms with van der Waals surface area (Å²) in [6.45, 7) is 2.21. The van der Waals surface area contributed by atoms with Crippen molar-refractivity contribution in [3.05, 3.63) is 28.2 Å². The lowest BCUT2D eigenvalue weighted by atomic mass is 10.0. The second kappa shape index (κ2) is 7.07. The van der Waals surface area contributed by atoms with Crippen molar-refractivity contribution in [2.24, 2.45) is 5.92 Å². The number of rotatable bonds is 3. The van der Waals surface area contributed by atoms with Gasteiger partial charge >= 0.3 is 0 Å². The number of benzene rings is 1. The molecule has 124 valence electrons. The molecule has 1 aromatic carbocycles. The van der Waals surface area contributed by atoms with Crippen LogP contribution in [0, 0.1) is 5.92 Å². The molecule has 0 spiro atoms. The van der Waals surface area contributed by atoms with Gasteiger partial charge in [0.15, 0.2) is 0 Å². The summed E-state index contributed by atoms with van der Waals surface area (Å²) in [5.41, 5.74) is 0.568. The van der Waals surface area contributed by atoms with Gasteiger partial charge in [0, 0.05) is 24.2 Å². The maximum absolute atomic E-state index is 12.6. The molecule has 7 heteroatoms. The Balaban J connectivity index is 1.68. The molecule has 2 saturated heterocycles. The minimum absolute atomic E-state index is 0.104. The van der Waals surface area contributed by atoms with Crippen LogP contribution in [0.5, 0.6) is 0 Å². The van der Waals surface area contributed by atoms with Crippen LogP contribution in [0.4, 0.5) is 5.69 Å². The van der Waals surface area contributed by atoms with Crippen LogP contribution in [-0.2, 0) is 9.59 Å². The van der Waals surface area contributed by atoms with Crippen LogP contribution in [0.1, 0.15) is 19.3 Å². The lowest BCUT2D eigenvalue weighted by Gasteiger charge is -2.25. The fourth-order valence-corrected chi connectivity index (χ4v) is 3.52. The topological polar surface area (TPSA) is 61.4 Å². The van der Waals surface area contributed by atoms with Crippen LogP contribution < -0.4 is 15.5 Å². The number of carbonyl (C=O) groups excluding carboxylic acids is 2. The van der Waals surface area contributed by atoms with Crippen molar-refractivity contribution in [3.63, 3.8) is 0 Å². The number of amides is 2. The van der Waals surface area contributed by atoms with Gasteiger partial charge in [-0.25, -0.2) is 0 Å². The molecule has 2 heterocycles. The Labute approximate surface area is 145 Å². The van der Waals surface area contributed by atoms with Gasteiger partial charge in [-0.3, -0.25) is 9.59 Å². The second-order valence-corrected chi connectivity index (χ2v) is 6.82. The van der Waals surface area contributed by atoms with Gasteiger partial charge in [-0.15, -0.1) is 0 Å². The summed E-state index contributed by atoms with van der Waals surface area (Å²) in [4.78, 5) is 26.6. The number of anilines is 1. The summed E-state index contributed by atoms with van der Waals surface area (Å²) < 4.78 is 0. The molecule has 2 amide bonds. The van der Waals surface area contributed by atoms with Crippen molar-refractivity contribution in [2.45, 2.75) is 25.3 Å². The molecule has 2 N–H and O–H groups in total. The van der Waals surface area contributed by atoms with Crippen molar-refractivity contribution >= 4 is 40.7 Å². The van der Waals surface area contributed by atoms with Gasteiger partial charge in [0.1, 0.15) is 5.92 Å². The highest BCUT2D eigenvalue weighted by Crippen LogP contribution is 2.33. The molecular formula is C16H19Cl2N3O2. The van der Waals surface area contributed by atoms with E-state index in [9.17, 15) is 9.59 Å². The summed E-state index contributed by atoms with van der Waals surface area (Å²) in [7, 11) is 0. The third-order valence-corrected chi connectivity index (χ3v) is 4.92. The van der Waals surface area contributed by atoms with Crippen molar-refractivity contribution in [2.75, 3.05) is 24.5 Å². The van der Waals surface area contributed by atoms with Gasteiger partial charge in [-0.1, -0.05) is 23.2 Å². The van der Waals surface area contributed by atoms with E-state index < -0.39 is 5.92 Å². The number of nitrogens with one attached hydrogen (secondary N) is 2. The maximum atomic E-state index is 12.6. The molecule has 3 rings (SSSR count). The Morgan fingerprint density at radius 1 is 1.30 bits per heavy atom. The second-order valence-electron chi connectivity index (χ2n) is 5.98. The average Bonchev–Trinajstić information content (AvgIpc) is 2.92. The van der Waals surface area contributed by atoms with Crippen LogP contribution in [0.25, 0.3) is 0 Å². The molecule has 2 aliphatic heterocycles. The summed E-state index contributed by atoms with van der Waals surface area (Å²) in [5.74, 6) is -1.05. The van der Waals surface area contributed by atoms with Crippen LogP contribution in [0.3, 0.4) is 0 Å². The zero-order valence-corrected chi connectivity index (χ0v) is 14.2. The van der Waals surface area contributed by atoms with Gasteiger partial charge in [0.2, 0.25) is 11.8 Å². The largest absolute Gasteiger partial charge is 0.351 e. The monoisotopic (exact) mass is 355 g/mol. The molecule has 0 aromatic heterocycles. The molecule has 23 heavy (non-hydrogen) atoms. The van der Waals surface area contributed by atoms with Crippen molar-refractivity contribution in [1.82, 2.24) is 10.6 Å². The molecule has 0 bridgehead atoms. The number of halogens is 2. The third kappa shape index (κ3) is 3.62. The van der Waals surface area contributed by atoms with E-state index in [1.165, 1.54) is 0 Å². The van der Waals surface area contributed by atoms with Gasteiger partial charge in [0.05, 0.1) is 10.7 Å². The summed E-state index contributed by atoms with van der Waals surface area (Å²) >= 11 is 12.2. The highest BCUT2D eigenvalue weighted by molar-refractivity contribution is 6.36. The fraction of sp³-hybridized carbons (Fsp3) is 0.500. The first-order chi connectivity index (χ1) is 11.1. The molecule has 0 aliphatic carbocycles. The smallest absolute Gasteiger partial charge is 0.239 e. The SMILES string of the molecule is O=C(N[C@H]1CCCNC1)C1CCN(c2cc(Cl)ccc2Cl)C1=O. The quantitative estimate of drug-likeness (QED) is 0.817. The predicted molar refractivity (Wildman–Crippen MR) is 91.0 cm³/mol. The molecule has 2 atom stereocenters. The Hall–Kier alpha value is -1.30. The lowest BCUT2D eigenvalue weighted by molar-refractivity contribution is -0.132. The standard InChI is InChI=1S/C16H19Cl2N3O2/c17-10-3-4-13(18)14(8-10)21-7-5-12(16(21)23)15(22)20-11-2-1-6-19-9-11/h3-4,8,11-12,19H,1-2,5-7,9H2,(H,20,22)/t11-,12?/m0/s1. The molecule has 2 aliphatic rings.